The molecular formula is C7H10O5S. The van der Waals surface area contributed by atoms with Gasteiger partial charge in [-0.25, -0.2) is 0 Å². The van der Waals surface area contributed by atoms with Gasteiger partial charge in [0.05, 0.1) is 12.9 Å². The van der Waals surface area contributed by atoms with Crippen molar-refractivity contribution in [2.24, 2.45) is 0 Å². The van der Waals surface area contributed by atoms with Gasteiger partial charge in [0, 0.05) is 0 Å². The monoisotopic (exact) mass is 206 g/mol. The van der Waals surface area contributed by atoms with Crippen molar-refractivity contribution in [3.63, 3.8) is 0 Å². The zero-order valence-corrected chi connectivity index (χ0v) is 7.86. The number of fused-ring (bicyclic) bond motifs is 2. The molecule has 0 aromatic heterocycles. The van der Waals surface area contributed by atoms with E-state index in [0.717, 1.165) is 6.26 Å². The molecule has 1 saturated heterocycles. The van der Waals surface area contributed by atoms with Crippen molar-refractivity contribution in [3.8, 4) is 0 Å². The predicted octanol–water partition coefficient (Wildman–Crippen LogP) is -0.358. The summed E-state index contributed by atoms with van der Waals surface area (Å²) in [6.07, 6.45) is 3.14. The number of hydrogen-bond acceptors (Lipinski definition) is 5. The SMILES string of the molecule is CS(=O)(=O)O[C@H]1C=C[C@H]2CO[C@@H]1O2. The topological polar surface area (TPSA) is 61.8 Å². The first-order valence-corrected chi connectivity index (χ1v) is 5.70. The summed E-state index contributed by atoms with van der Waals surface area (Å²) in [5.74, 6) is 0. The average molecular weight is 206 g/mol. The molecule has 0 unspecified atom stereocenters. The molecule has 2 heterocycles. The van der Waals surface area contributed by atoms with Gasteiger partial charge in [-0.2, -0.15) is 8.42 Å². The normalized spacial score (nSPS) is 38.1. The maximum Gasteiger partial charge on any atom is 0.265 e. The largest absolute Gasteiger partial charge is 0.347 e. The Morgan fingerprint density at radius 1 is 1.46 bits per heavy atom. The highest BCUT2D eigenvalue weighted by atomic mass is 32.2. The average Bonchev–Trinajstić information content (AvgIpc) is 2.37. The summed E-state index contributed by atoms with van der Waals surface area (Å²) in [7, 11) is -3.46. The van der Waals surface area contributed by atoms with Gasteiger partial charge in [0.2, 0.25) is 0 Å². The van der Waals surface area contributed by atoms with Crippen LogP contribution in [0.3, 0.4) is 0 Å². The Kier molecular flexibility index (Phi) is 2.15. The van der Waals surface area contributed by atoms with Crippen LogP contribution in [0.5, 0.6) is 0 Å². The van der Waals surface area contributed by atoms with Crippen molar-refractivity contribution in [2.75, 3.05) is 12.9 Å². The number of ether oxygens (including phenoxy) is 2. The third-order valence-corrected chi connectivity index (χ3v) is 2.38. The fourth-order valence-electron chi connectivity index (χ4n) is 1.32. The highest BCUT2D eigenvalue weighted by Gasteiger charge is 2.36. The summed E-state index contributed by atoms with van der Waals surface area (Å²) < 4.78 is 36.8. The van der Waals surface area contributed by atoms with Crippen LogP contribution in [0, 0.1) is 0 Å². The Morgan fingerprint density at radius 3 is 2.92 bits per heavy atom. The van der Waals surface area contributed by atoms with Crippen LogP contribution < -0.4 is 0 Å². The van der Waals surface area contributed by atoms with E-state index in [1.165, 1.54) is 0 Å². The summed E-state index contributed by atoms with van der Waals surface area (Å²) in [5, 5.41) is 0. The van der Waals surface area contributed by atoms with E-state index < -0.39 is 22.5 Å². The summed E-state index contributed by atoms with van der Waals surface area (Å²) >= 11 is 0. The van der Waals surface area contributed by atoms with Crippen LogP contribution in [-0.4, -0.2) is 39.8 Å². The second-order valence-corrected chi connectivity index (χ2v) is 4.63. The minimum Gasteiger partial charge on any atom is -0.347 e. The van der Waals surface area contributed by atoms with E-state index in [0.29, 0.717) is 6.61 Å². The highest BCUT2D eigenvalue weighted by molar-refractivity contribution is 7.86. The molecule has 0 radical (unpaired) electrons. The maximum atomic E-state index is 10.8. The fourth-order valence-corrected chi connectivity index (χ4v) is 1.88. The van der Waals surface area contributed by atoms with Gasteiger partial charge in [0.1, 0.15) is 12.2 Å². The molecule has 2 aliphatic rings. The molecule has 0 aliphatic carbocycles. The lowest BCUT2D eigenvalue weighted by atomic mass is 10.2. The van der Waals surface area contributed by atoms with E-state index in [2.05, 4.69) is 0 Å². The highest BCUT2D eigenvalue weighted by Crippen LogP contribution is 2.24. The van der Waals surface area contributed by atoms with Crippen molar-refractivity contribution in [1.29, 1.82) is 0 Å². The number of hydrogen-bond donors (Lipinski definition) is 0. The quantitative estimate of drug-likeness (QED) is 0.456. The third-order valence-electron chi connectivity index (χ3n) is 1.80. The molecule has 74 valence electrons. The zero-order valence-electron chi connectivity index (χ0n) is 7.04. The molecule has 0 N–H and O–H groups in total. The van der Waals surface area contributed by atoms with Crippen LogP contribution in [0.15, 0.2) is 12.2 Å². The van der Waals surface area contributed by atoms with Crippen molar-refractivity contribution >= 4 is 10.1 Å². The molecule has 2 bridgehead atoms. The van der Waals surface area contributed by atoms with E-state index in [9.17, 15) is 8.42 Å². The minimum atomic E-state index is -3.46. The van der Waals surface area contributed by atoms with Gasteiger partial charge >= 0.3 is 0 Å². The standard InChI is InChI=1S/C7H10O5S/c1-13(8,9)12-6-3-2-5-4-10-7(6)11-5/h2-3,5-7H,4H2,1H3/t5-,6-,7+/m0/s1. The Balaban J connectivity index is 2.09. The van der Waals surface area contributed by atoms with Gasteiger partial charge in [0.15, 0.2) is 6.29 Å². The first-order chi connectivity index (χ1) is 6.04. The Labute approximate surface area is 76.4 Å². The lowest BCUT2D eigenvalue weighted by Crippen LogP contribution is -2.33. The molecule has 2 rings (SSSR count). The van der Waals surface area contributed by atoms with Crippen LogP contribution in [0.2, 0.25) is 0 Å². The van der Waals surface area contributed by atoms with Gasteiger partial charge in [-0.15, -0.1) is 0 Å². The minimum absolute atomic E-state index is 0.0515. The molecule has 0 saturated carbocycles. The van der Waals surface area contributed by atoms with Gasteiger partial charge in [-0.3, -0.25) is 4.18 Å². The Hall–Kier alpha value is -0.430. The van der Waals surface area contributed by atoms with E-state index in [4.69, 9.17) is 13.7 Å². The van der Waals surface area contributed by atoms with Gasteiger partial charge in [-0.05, 0) is 0 Å². The summed E-state index contributed by atoms with van der Waals surface area (Å²) in [6, 6.07) is 0. The molecule has 13 heavy (non-hydrogen) atoms. The van der Waals surface area contributed by atoms with Gasteiger partial charge in [-0.1, -0.05) is 12.2 Å². The number of rotatable bonds is 2. The van der Waals surface area contributed by atoms with Crippen LogP contribution in [0.1, 0.15) is 0 Å². The second kappa shape index (κ2) is 3.06. The van der Waals surface area contributed by atoms with Crippen molar-refractivity contribution < 1.29 is 22.1 Å². The maximum absolute atomic E-state index is 10.8. The van der Waals surface area contributed by atoms with Gasteiger partial charge < -0.3 is 9.47 Å². The van der Waals surface area contributed by atoms with E-state index >= 15 is 0 Å². The molecule has 0 amide bonds. The molecule has 6 heteroatoms. The fraction of sp³-hybridized carbons (Fsp3) is 0.714. The molecule has 3 atom stereocenters. The van der Waals surface area contributed by atoms with Gasteiger partial charge in [0.25, 0.3) is 10.1 Å². The Bertz CT molecular complexity index is 320. The zero-order chi connectivity index (χ0) is 9.47. The Morgan fingerprint density at radius 2 is 2.23 bits per heavy atom. The van der Waals surface area contributed by atoms with E-state index in [1.54, 1.807) is 12.2 Å². The van der Waals surface area contributed by atoms with Crippen LogP contribution in [-0.2, 0) is 23.8 Å². The van der Waals surface area contributed by atoms with E-state index in [1.807, 2.05) is 0 Å². The predicted molar refractivity (Wildman–Crippen MR) is 43.5 cm³/mol. The molecular weight excluding hydrogens is 196 g/mol. The molecule has 5 nitrogen and oxygen atoms in total. The van der Waals surface area contributed by atoms with Crippen molar-refractivity contribution in [2.45, 2.75) is 18.5 Å². The van der Waals surface area contributed by atoms with Crippen LogP contribution >= 0.6 is 0 Å². The first kappa shape index (κ1) is 9.14. The summed E-state index contributed by atoms with van der Waals surface area (Å²) in [5.41, 5.74) is 0. The summed E-state index contributed by atoms with van der Waals surface area (Å²) in [6.45, 7) is 0.463. The first-order valence-electron chi connectivity index (χ1n) is 3.88. The summed E-state index contributed by atoms with van der Waals surface area (Å²) in [4.78, 5) is 0. The molecule has 1 fully saturated rings. The van der Waals surface area contributed by atoms with E-state index in [-0.39, 0.29) is 6.10 Å². The third kappa shape index (κ3) is 2.08. The second-order valence-electron chi connectivity index (χ2n) is 3.03. The molecule has 0 aromatic carbocycles. The molecule has 0 aromatic rings. The molecule has 2 aliphatic heterocycles. The van der Waals surface area contributed by atoms with Crippen molar-refractivity contribution in [1.82, 2.24) is 0 Å². The molecule has 0 spiro atoms. The lowest BCUT2D eigenvalue weighted by Gasteiger charge is -2.21. The van der Waals surface area contributed by atoms with Crippen molar-refractivity contribution in [3.05, 3.63) is 12.2 Å². The smallest absolute Gasteiger partial charge is 0.265 e. The van der Waals surface area contributed by atoms with Crippen LogP contribution in [0.25, 0.3) is 0 Å². The van der Waals surface area contributed by atoms with Crippen LogP contribution in [0.4, 0.5) is 0 Å². The lowest BCUT2D eigenvalue weighted by molar-refractivity contribution is -0.105.